The first-order valence-corrected chi connectivity index (χ1v) is 7.49. The molecule has 0 aromatic carbocycles. The maximum Gasteiger partial charge on any atom is 0.238 e. The van der Waals surface area contributed by atoms with Crippen LogP contribution in [0.25, 0.3) is 0 Å². The molecule has 3 unspecified atom stereocenters. The van der Waals surface area contributed by atoms with Gasteiger partial charge in [0.15, 0.2) is 9.84 Å². The van der Waals surface area contributed by atoms with Gasteiger partial charge in [-0.2, -0.15) is 0 Å². The van der Waals surface area contributed by atoms with Crippen LogP contribution in [0.3, 0.4) is 0 Å². The largest absolute Gasteiger partial charge is 0.352 e. The zero-order valence-corrected chi connectivity index (χ0v) is 10.8. The van der Waals surface area contributed by atoms with E-state index < -0.39 is 15.1 Å². The summed E-state index contributed by atoms with van der Waals surface area (Å²) in [7, 11) is -3.29. The molecule has 94 valence electrons. The van der Waals surface area contributed by atoms with Crippen LogP contribution in [0, 0.1) is 0 Å². The molecule has 3 atom stereocenters. The molecule has 1 rings (SSSR count). The van der Waals surface area contributed by atoms with Crippen LogP contribution in [0.5, 0.6) is 0 Å². The summed E-state index contributed by atoms with van der Waals surface area (Å²) in [5.41, 5.74) is 0. The Balaban J connectivity index is 2.51. The predicted octanol–water partition coefficient (Wildman–Crippen LogP) is -0.324. The van der Waals surface area contributed by atoms with Crippen LogP contribution in [0.15, 0.2) is 0 Å². The van der Waals surface area contributed by atoms with Crippen LogP contribution in [0.4, 0.5) is 0 Å². The molecule has 1 heterocycles. The fourth-order valence-electron chi connectivity index (χ4n) is 1.78. The lowest BCUT2D eigenvalue weighted by atomic mass is 10.0. The summed E-state index contributed by atoms with van der Waals surface area (Å²) in [4.78, 5) is 11.7. The van der Waals surface area contributed by atoms with E-state index in [0.29, 0.717) is 6.04 Å². The van der Waals surface area contributed by atoms with Gasteiger partial charge in [-0.1, -0.05) is 0 Å². The monoisotopic (exact) mass is 248 g/mol. The third-order valence-electron chi connectivity index (χ3n) is 2.98. The average molecular weight is 248 g/mol. The molecule has 1 fully saturated rings. The fourth-order valence-corrected chi connectivity index (χ4v) is 2.23. The average Bonchev–Trinajstić information content (AvgIpc) is 2.15. The molecule has 5 nitrogen and oxygen atoms in total. The molecule has 6 heteroatoms. The highest BCUT2D eigenvalue weighted by atomic mass is 32.2. The molecule has 0 aromatic rings. The first-order chi connectivity index (χ1) is 7.30. The van der Waals surface area contributed by atoms with Gasteiger partial charge in [-0.15, -0.1) is 0 Å². The highest BCUT2D eigenvalue weighted by molar-refractivity contribution is 7.92. The number of hydrogen-bond donors (Lipinski definition) is 2. The lowest BCUT2D eigenvalue weighted by molar-refractivity contribution is -0.121. The van der Waals surface area contributed by atoms with Crippen molar-refractivity contribution < 1.29 is 13.2 Å². The quantitative estimate of drug-likeness (QED) is 0.717. The smallest absolute Gasteiger partial charge is 0.238 e. The Morgan fingerprint density at radius 2 is 2.12 bits per heavy atom. The summed E-state index contributed by atoms with van der Waals surface area (Å²) in [5, 5.41) is 5.11. The van der Waals surface area contributed by atoms with Gasteiger partial charge in [0.2, 0.25) is 5.91 Å². The number of piperidine rings is 1. The summed E-state index contributed by atoms with van der Waals surface area (Å²) < 4.78 is 22.4. The van der Waals surface area contributed by atoms with E-state index in [0.717, 1.165) is 25.6 Å². The lowest BCUT2D eigenvalue weighted by Crippen LogP contribution is -2.49. The summed E-state index contributed by atoms with van der Waals surface area (Å²) in [6.45, 7) is 4.34. The summed E-state index contributed by atoms with van der Waals surface area (Å²) in [6, 6.07) is 0.459. The lowest BCUT2D eigenvalue weighted by Gasteiger charge is -2.29. The van der Waals surface area contributed by atoms with Crippen LogP contribution in [-0.4, -0.2) is 44.5 Å². The zero-order valence-electron chi connectivity index (χ0n) is 9.99. The minimum atomic E-state index is -3.29. The maximum absolute atomic E-state index is 11.7. The Labute approximate surface area is 96.9 Å². The normalized spacial score (nSPS) is 28.4. The SMILES string of the molecule is CC1CC(NC(=O)C(C)S(C)(=O)=O)CCN1. The molecule has 0 spiro atoms. The third kappa shape index (κ3) is 3.75. The molecule has 1 aliphatic rings. The molecule has 0 aliphatic carbocycles. The van der Waals surface area contributed by atoms with E-state index in [4.69, 9.17) is 0 Å². The van der Waals surface area contributed by atoms with E-state index in [1.54, 1.807) is 0 Å². The fraction of sp³-hybridized carbons (Fsp3) is 0.900. The number of sulfone groups is 1. The van der Waals surface area contributed by atoms with Crippen LogP contribution in [0.2, 0.25) is 0 Å². The van der Waals surface area contributed by atoms with Crippen molar-refractivity contribution in [2.24, 2.45) is 0 Å². The van der Waals surface area contributed by atoms with Crippen LogP contribution in [0.1, 0.15) is 26.7 Å². The predicted molar refractivity (Wildman–Crippen MR) is 62.9 cm³/mol. The van der Waals surface area contributed by atoms with Gasteiger partial charge >= 0.3 is 0 Å². The minimum Gasteiger partial charge on any atom is -0.352 e. The van der Waals surface area contributed by atoms with Gasteiger partial charge in [-0.25, -0.2) is 8.42 Å². The van der Waals surface area contributed by atoms with Crippen molar-refractivity contribution in [1.82, 2.24) is 10.6 Å². The molecule has 1 amide bonds. The Morgan fingerprint density at radius 1 is 1.50 bits per heavy atom. The molecule has 0 saturated carbocycles. The van der Waals surface area contributed by atoms with E-state index >= 15 is 0 Å². The van der Waals surface area contributed by atoms with Crippen molar-refractivity contribution in [2.45, 2.75) is 44.0 Å². The van der Waals surface area contributed by atoms with Gasteiger partial charge in [-0.05, 0) is 33.2 Å². The van der Waals surface area contributed by atoms with Gasteiger partial charge in [0.05, 0.1) is 0 Å². The molecule has 16 heavy (non-hydrogen) atoms. The van der Waals surface area contributed by atoms with E-state index in [-0.39, 0.29) is 11.9 Å². The second-order valence-electron chi connectivity index (χ2n) is 4.56. The third-order valence-corrected chi connectivity index (χ3v) is 4.48. The number of rotatable bonds is 3. The van der Waals surface area contributed by atoms with Crippen molar-refractivity contribution in [1.29, 1.82) is 0 Å². The van der Waals surface area contributed by atoms with E-state index in [1.807, 2.05) is 0 Å². The molecule has 2 N–H and O–H groups in total. The number of hydrogen-bond acceptors (Lipinski definition) is 4. The Kier molecular flexibility index (Phi) is 4.32. The number of carbonyl (C=O) groups is 1. The molecule has 1 saturated heterocycles. The van der Waals surface area contributed by atoms with Gasteiger partial charge in [-0.3, -0.25) is 4.79 Å². The Hall–Kier alpha value is -0.620. The van der Waals surface area contributed by atoms with Crippen molar-refractivity contribution in [3.8, 4) is 0 Å². The van der Waals surface area contributed by atoms with Crippen molar-refractivity contribution in [3.05, 3.63) is 0 Å². The van der Waals surface area contributed by atoms with Gasteiger partial charge in [0.25, 0.3) is 0 Å². The van der Waals surface area contributed by atoms with E-state index in [1.165, 1.54) is 6.92 Å². The number of carbonyl (C=O) groups excluding carboxylic acids is 1. The van der Waals surface area contributed by atoms with Crippen LogP contribution >= 0.6 is 0 Å². The van der Waals surface area contributed by atoms with Gasteiger partial charge in [0.1, 0.15) is 5.25 Å². The second-order valence-corrected chi connectivity index (χ2v) is 6.92. The molecule has 0 aromatic heterocycles. The standard InChI is InChI=1S/C10H20N2O3S/c1-7-6-9(4-5-11-7)12-10(13)8(2)16(3,14)15/h7-9,11H,4-6H2,1-3H3,(H,12,13). The van der Waals surface area contributed by atoms with Crippen LogP contribution in [-0.2, 0) is 14.6 Å². The first kappa shape index (κ1) is 13.4. The Bertz CT molecular complexity index is 353. The molecular weight excluding hydrogens is 228 g/mol. The van der Waals surface area contributed by atoms with Gasteiger partial charge < -0.3 is 10.6 Å². The summed E-state index contributed by atoms with van der Waals surface area (Å²) in [6.07, 6.45) is 2.79. The maximum atomic E-state index is 11.7. The highest BCUT2D eigenvalue weighted by Crippen LogP contribution is 2.09. The van der Waals surface area contributed by atoms with Gasteiger partial charge in [0, 0.05) is 18.3 Å². The summed E-state index contributed by atoms with van der Waals surface area (Å²) >= 11 is 0. The molecule has 0 bridgehead atoms. The second kappa shape index (κ2) is 5.14. The van der Waals surface area contributed by atoms with E-state index in [2.05, 4.69) is 17.6 Å². The number of nitrogens with one attached hydrogen (secondary N) is 2. The zero-order chi connectivity index (χ0) is 12.3. The topological polar surface area (TPSA) is 75.3 Å². The molecule has 0 radical (unpaired) electrons. The summed E-state index contributed by atoms with van der Waals surface area (Å²) in [5.74, 6) is -0.387. The van der Waals surface area contributed by atoms with Crippen molar-refractivity contribution in [2.75, 3.05) is 12.8 Å². The minimum absolute atomic E-state index is 0.0907. The van der Waals surface area contributed by atoms with Crippen molar-refractivity contribution >= 4 is 15.7 Å². The molecule has 1 aliphatic heterocycles. The highest BCUT2D eigenvalue weighted by Gasteiger charge is 2.27. The van der Waals surface area contributed by atoms with Crippen LogP contribution < -0.4 is 10.6 Å². The van der Waals surface area contributed by atoms with Crippen molar-refractivity contribution in [3.63, 3.8) is 0 Å². The Morgan fingerprint density at radius 3 is 2.62 bits per heavy atom. The first-order valence-electron chi connectivity index (χ1n) is 5.53. The number of amides is 1. The molecular formula is C10H20N2O3S. The van der Waals surface area contributed by atoms with E-state index in [9.17, 15) is 13.2 Å².